The van der Waals surface area contributed by atoms with Gasteiger partial charge in [0.2, 0.25) is 0 Å². The summed E-state index contributed by atoms with van der Waals surface area (Å²) in [5.41, 5.74) is 0.148. The highest BCUT2D eigenvalue weighted by atomic mass is 79.9. The molecule has 0 heterocycles. The summed E-state index contributed by atoms with van der Waals surface area (Å²) < 4.78 is 37.7. The maximum Gasteiger partial charge on any atom is 0.406 e. The van der Waals surface area contributed by atoms with Gasteiger partial charge < -0.3 is 4.90 Å². The first-order chi connectivity index (χ1) is 8.74. The molecule has 0 saturated carbocycles. The summed E-state index contributed by atoms with van der Waals surface area (Å²) in [5, 5.41) is 0.659. The number of hydrogen-bond donors (Lipinski definition) is 0. The lowest BCUT2D eigenvalue weighted by molar-refractivity contribution is -0.140. The Kier molecular flexibility index (Phi) is 6.14. The maximum atomic E-state index is 12.4. The molecule has 0 radical (unpaired) electrons. The van der Waals surface area contributed by atoms with Crippen LogP contribution in [-0.4, -0.2) is 35.4 Å². The van der Waals surface area contributed by atoms with Crippen molar-refractivity contribution in [2.45, 2.75) is 6.18 Å². The topological polar surface area (TPSA) is 20.3 Å². The summed E-state index contributed by atoms with van der Waals surface area (Å²) in [6.45, 7) is -1.32. The van der Waals surface area contributed by atoms with Crippen LogP contribution in [0.1, 0.15) is 10.4 Å². The van der Waals surface area contributed by atoms with E-state index in [-0.39, 0.29) is 17.4 Å². The van der Waals surface area contributed by atoms with Gasteiger partial charge in [-0.25, -0.2) is 0 Å². The lowest BCUT2D eigenvalue weighted by atomic mass is 10.2. The van der Waals surface area contributed by atoms with E-state index in [4.69, 9.17) is 11.6 Å². The standard InChI is InChI=1S/C11H9Br2ClF3NO/c12-3-4-18(6-11(15,16)17)10(19)8-2-1-7(14)5-9(8)13/h1-2,5H,3-4,6H2. The number of carbonyl (C=O) groups is 1. The smallest absolute Gasteiger partial charge is 0.329 e. The number of benzene rings is 1. The molecule has 1 aromatic carbocycles. The molecule has 0 saturated heterocycles. The molecule has 19 heavy (non-hydrogen) atoms. The van der Waals surface area contributed by atoms with E-state index in [1.54, 1.807) is 0 Å². The third kappa shape index (κ3) is 5.31. The van der Waals surface area contributed by atoms with Crippen molar-refractivity contribution in [3.8, 4) is 0 Å². The molecule has 0 aliphatic heterocycles. The van der Waals surface area contributed by atoms with E-state index in [0.29, 0.717) is 9.50 Å². The molecule has 0 unspecified atom stereocenters. The first kappa shape index (κ1) is 16.8. The molecular formula is C11H9Br2ClF3NO. The van der Waals surface area contributed by atoms with Crippen LogP contribution in [0.25, 0.3) is 0 Å². The van der Waals surface area contributed by atoms with E-state index in [9.17, 15) is 18.0 Å². The van der Waals surface area contributed by atoms with Crippen LogP contribution < -0.4 is 0 Å². The average molecular weight is 423 g/mol. The van der Waals surface area contributed by atoms with E-state index < -0.39 is 18.6 Å². The number of rotatable bonds is 4. The van der Waals surface area contributed by atoms with Crippen LogP contribution in [0.2, 0.25) is 5.02 Å². The number of carbonyl (C=O) groups excluding carboxylic acids is 1. The predicted octanol–water partition coefficient (Wildman–Crippen LogP) is 4.50. The van der Waals surface area contributed by atoms with Crippen molar-refractivity contribution < 1.29 is 18.0 Å². The van der Waals surface area contributed by atoms with Crippen molar-refractivity contribution in [2.75, 3.05) is 18.4 Å². The van der Waals surface area contributed by atoms with Gasteiger partial charge in [0.05, 0.1) is 5.56 Å². The quantitative estimate of drug-likeness (QED) is 0.653. The van der Waals surface area contributed by atoms with Crippen LogP contribution in [0.15, 0.2) is 22.7 Å². The van der Waals surface area contributed by atoms with Gasteiger partial charge in [-0.3, -0.25) is 4.79 Å². The van der Waals surface area contributed by atoms with E-state index in [1.165, 1.54) is 18.2 Å². The summed E-state index contributed by atoms with van der Waals surface area (Å²) in [6.07, 6.45) is -4.43. The van der Waals surface area contributed by atoms with Gasteiger partial charge in [-0.15, -0.1) is 0 Å². The lowest BCUT2D eigenvalue weighted by Crippen LogP contribution is -2.40. The zero-order valence-electron chi connectivity index (χ0n) is 9.48. The fourth-order valence-electron chi connectivity index (χ4n) is 1.40. The second-order valence-electron chi connectivity index (χ2n) is 3.66. The first-order valence-electron chi connectivity index (χ1n) is 5.11. The van der Waals surface area contributed by atoms with Gasteiger partial charge in [0.1, 0.15) is 6.54 Å². The molecule has 8 heteroatoms. The van der Waals surface area contributed by atoms with Crippen molar-refractivity contribution in [2.24, 2.45) is 0 Å². The van der Waals surface area contributed by atoms with Crippen LogP contribution in [0.3, 0.4) is 0 Å². The minimum atomic E-state index is -4.43. The summed E-state index contributed by atoms with van der Waals surface area (Å²) in [6, 6.07) is 4.32. The Bertz CT molecular complexity index is 468. The minimum Gasteiger partial charge on any atom is -0.329 e. The summed E-state index contributed by atoms with van der Waals surface area (Å²) in [5.74, 6) is -0.694. The Morgan fingerprint density at radius 1 is 1.37 bits per heavy atom. The summed E-state index contributed by atoms with van der Waals surface area (Å²) in [4.78, 5) is 12.8. The number of halogens is 6. The predicted molar refractivity (Wildman–Crippen MR) is 74.9 cm³/mol. The molecule has 106 valence electrons. The fraction of sp³-hybridized carbons (Fsp3) is 0.364. The zero-order chi connectivity index (χ0) is 14.6. The van der Waals surface area contributed by atoms with Crippen LogP contribution in [-0.2, 0) is 0 Å². The van der Waals surface area contributed by atoms with Crippen molar-refractivity contribution >= 4 is 49.4 Å². The van der Waals surface area contributed by atoms with Gasteiger partial charge in [0.25, 0.3) is 5.91 Å². The van der Waals surface area contributed by atoms with Crippen LogP contribution in [0.4, 0.5) is 13.2 Å². The van der Waals surface area contributed by atoms with Gasteiger partial charge in [-0.2, -0.15) is 13.2 Å². The summed E-state index contributed by atoms with van der Waals surface area (Å²) in [7, 11) is 0. The maximum absolute atomic E-state index is 12.4. The molecule has 1 aromatic rings. The highest BCUT2D eigenvalue weighted by molar-refractivity contribution is 9.10. The zero-order valence-corrected chi connectivity index (χ0v) is 13.4. The van der Waals surface area contributed by atoms with Gasteiger partial charge in [-0.1, -0.05) is 27.5 Å². The monoisotopic (exact) mass is 421 g/mol. The molecule has 0 fully saturated rings. The number of hydrogen-bond acceptors (Lipinski definition) is 1. The highest BCUT2D eigenvalue weighted by Crippen LogP contribution is 2.24. The second-order valence-corrected chi connectivity index (χ2v) is 5.74. The molecule has 0 aliphatic carbocycles. The van der Waals surface area contributed by atoms with E-state index in [0.717, 1.165) is 4.90 Å². The van der Waals surface area contributed by atoms with Gasteiger partial charge in [0, 0.05) is 21.4 Å². The second kappa shape index (κ2) is 6.95. The van der Waals surface area contributed by atoms with Gasteiger partial charge in [-0.05, 0) is 34.1 Å². The fourth-order valence-corrected chi connectivity index (χ4v) is 2.68. The van der Waals surface area contributed by atoms with Crippen LogP contribution in [0.5, 0.6) is 0 Å². The first-order valence-corrected chi connectivity index (χ1v) is 7.41. The van der Waals surface area contributed by atoms with Gasteiger partial charge in [0.15, 0.2) is 0 Å². The number of alkyl halides is 4. The van der Waals surface area contributed by atoms with Crippen LogP contribution in [0, 0.1) is 0 Å². The normalized spacial score (nSPS) is 11.5. The summed E-state index contributed by atoms with van der Waals surface area (Å²) >= 11 is 11.9. The minimum absolute atomic E-state index is 0.0343. The molecule has 1 amide bonds. The molecule has 0 N–H and O–H groups in total. The van der Waals surface area contributed by atoms with Crippen LogP contribution >= 0.6 is 43.5 Å². The Hall–Kier alpha value is -0.270. The molecule has 2 nitrogen and oxygen atoms in total. The number of nitrogens with zero attached hydrogens (tertiary/aromatic N) is 1. The molecule has 0 aliphatic rings. The Morgan fingerprint density at radius 3 is 2.47 bits per heavy atom. The van der Waals surface area contributed by atoms with Crippen molar-refractivity contribution in [1.82, 2.24) is 4.90 Å². The Labute approximate surface area is 130 Å². The lowest BCUT2D eigenvalue weighted by Gasteiger charge is -2.23. The third-order valence-electron chi connectivity index (χ3n) is 2.17. The Balaban J connectivity index is 2.99. The van der Waals surface area contributed by atoms with E-state index in [2.05, 4.69) is 31.9 Å². The van der Waals surface area contributed by atoms with E-state index >= 15 is 0 Å². The molecule has 1 rings (SSSR count). The highest BCUT2D eigenvalue weighted by Gasteiger charge is 2.33. The van der Waals surface area contributed by atoms with Crippen molar-refractivity contribution in [3.05, 3.63) is 33.3 Å². The van der Waals surface area contributed by atoms with Gasteiger partial charge >= 0.3 is 6.18 Å². The van der Waals surface area contributed by atoms with E-state index in [1.807, 2.05) is 0 Å². The molecular weight excluding hydrogens is 414 g/mol. The third-order valence-corrected chi connectivity index (χ3v) is 3.42. The number of amides is 1. The van der Waals surface area contributed by atoms with Crippen molar-refractivity contribution in [1.29, 1.82) is 0 Å². The molecule has 0 atom stereocenters. The molecule has 0 aromatic heterocycles. The molecule has 0 spiro atoms. The average Bonchev–Trinajstić information content (AvgIpc) is 2.26. The Morgan fingerprint density at radius 2 is 2.00 bits per heavy atom. The largest absolute Gasteiger partial charge is 0.406 e. The SMILES string of the molecule is O=C(c1ccc(Cl)cc1Br)N(CCBr)CC(F)(F)F. The van der Waals surface area contributed by atoms with Crippen molar-refractivity contribution in [3.63, 3.8) is 0 Å². The molecule has 0 bridgehead atoms.